The Bertz CT molecular complexity index is 1070. The first-order valence-electron chi connectivity index (χ1n) is 11.2. The number of rotatable bonds is 3. The van der Waals surface area contributed by atoms with Gasteiger partial charge in [-0.25, -0.2) is 4.79 Å². The lowest BCUT2D eigenvalue weighted by Crippen LogP contribution is -2.54. The Kier molecular flexibility index (Phi) is 5.38. The van der Waals surface area contributed by atoms with Gasteiger partial charge in [0, 0.05) is 10.8 Å². The number of fused-ring (bicyclic) bond motifs is 2. The van der Waals surface area contributed by atoms with E-state index in [2.05, 4.69) is 58.9 Å². The molecule has 1 aliphatic heterocycles. The zero-order chi connectivity index (χ0) is 23.5. The van der Waals surface area contributed by atoms with E-state index >= 15 is 0 Å². The molecule has 2 aromatic rings. The average Bonchev–Trinajstić information content (AvgIpc) is 3.09. The normalized spacial score (nSPS) is 24.8. The Hall–Kier alpha value is -2.43. The molecule has 1 heterocycles. The molecule has 2 aromatic carbocycles. The van der Waals surface area contributed by atoms with Crippen molar-refractivity contribution in [1.82, 2.24) is 0 Å². The Morgan fingerprint density at radius 2 is 1.41 bits per heavy atom. The van der Waals surface area contributed by atoms with Crippen LogP contribution in [0.3, 0.4) is 0 Å². The molecule has 170 valence electrons. The van der Waals surface area contributed by atoms with Gasteiger partial charge in [0.05, 0.1) is 24.9 Å². The Morgan fingerprint density at radius 1 is 0.875 bits per heavy atom. The molecule has 0 amide bonds. The van der Waals surface area contributed by atoms with Crippen LogP contribution in [-0.4, -0.2) is 31.1 Å². The maximum atomic E-state index is 11.7. The molecule has 0 N–H and O–H groups in total. The van der Waals surface area contributed by atoms with Gasteiger partial charge in [0.15, 0.2) is 5.79 Å². The van der Waals surface area contributed by atoms with Crippen LogP contribution in [0.1, 0.15) is 79.7 Å². The lowest BCUT2D eigenvalue weighted by molar-refractivity contribution is -0.153. The molecule has 0 spiro atoms. The highest BCUT2D eigenvalue weighted by Gasteiger charge is 2.59. The maximum absolute atomic E-state index is 11.7. The maximum Gasteiger partial charge on any atom is 0.337 e. The number of hydrogen-bond acceptors (Lipinski definition) is 4. The minimum atomic E-state index is -0.583. The molecule has 32 heavy (non-hydrogen) atoms. The fraction of sp³-hybridized carbons (Fsp3) is 0.464. The van der Waals surface area contributed by atoms with Gasteiger partial charge in [0.25, 0.3) is 0 Å². The van der Waals surface area contributed by atoms with E-state index in [-0.39, 0.29) is 29.0 Å². The van der Waals surface area contributed by atoms with E-state index in [4.69, 9.17) is 14.2 Å². The molecule has 0 bridgehead atoms. The summed E-state index contributed by atoms with van der Waals surface area (Å²) >= 11 is 0. The molecular weight excluding hydrogens is 400 g/mol. The number of benzene rings is 2. The molecule has 1 fully saturated rings. The zero-order valence-electron chi connectivity index (χ0n) is 20.4. The topological polar surface area (TPSA) is 44.8 Å². The van der Waals surface area contributed by atoms with Crippen LogP contribution in [0.15, 0.2) is 36.4 Å². The second kappa shape index (κ2) is 7.57. The Morgan fingerprint density at radius 3 is 1.94 bits per heavy atom. The molecule has 2 aliphatic rings. The Balaban J connectivity index is 1.71. The van der Waals surface area contributed by atoms with E-state index in [9.17, 15) is 4.79 Å². The molecule has 4 rings (SSSR count). The summed E-state index contributed by atoms with van der Waals surface area (Å²) in [4.78, 5) is 11.7. The standard InChI is InChI=1S/C28H34O4/c1-17-15-21-22(27(4,5)24-23(26(21,2)3)31-28(6,7)32-24)16-20(17)14-11-18-9-12-19(13-10-18)25(29)30-8/h9-16,23-24H,1-8H3/t23?,24-/m0/s1. The molecule has 2 atom stereocenters. The van der Waals surface area contributed by atoms with E-state index in [0.29, 0.717) is 5.56 Å². The molecule has 0 saturated carbocycles. The van der Waals surface area contributed by atoms with Crippen LogP contribution >= 0.6 is 0 Å². The van der Waals surface area contributed by atoms with Crippen LogP contribution < -0.4 is 0 Å². The van der Waals surface area contributed by atoms with E-state index in [1.165, 1.54) is 29.4 Å². The summed E-state index contributed by atoms with van der Waals surface area (Å²) in [5.41, 5.74) is 6.31. The Labute approximate surface area is 191 Å². The fourth-order valence-electron chi connectivity index (χ4n) is 5.13. The second-order valence-electron chi connectivity index (χ2n) is 10.6. The van der Waals surface area contributed by atoms with Crippen molar-refractivity contribution in [2.24, 2.45) is 0 Å². The first-order valence-corrected chi connectivity index (χ1v) is 11.2. The second-order valence-corrected chi connectivity index (χ2v) is 10.6. The van der Waals surface area contributed by atoms with Crippen LogP contribution in [0.5, 0.6) is 0 Å². The minimum absolute atomic E-state index is 0.00844. The third-order valence-electron chi connectivity index (χ3n) is 7.10. The summed E-state index contributed by atoms with van der Waals surface area (Å²) in [6.07, 6.45) is 4.23. The molecule has 0 radical (unpaired) electrons. The predicted octanol–water partition coefficient (Wildman–Crippen LogP) is 6.04. The van der Waals surface area contributed by atoms with Gasteiger partial charge < -0.3 is 14.2 Å². The molecule has 1 aliphatic carbocycles. The summed E-state index contributed by atoms with van der Waals surface area (Å²) in [5, 5.41) is 0. The lowest BCUT2D eigenvalue weighted by Gasteiger charge is -2.48. The van der Waals surface area contributed by atoms with Crippen molar-refractivity contribution in [3.8, 4) is 0 Å². The van der Waals surface area contributed by atoms with Crippen molar-refractivity contribution >= 4 is 18.1 Å². The van der Waals surface area contributed by atoms with Gasteiger partial charge in [0.1, 0.15) is 0 Å². The van der Waals surface area contributed by atoms with Crippen molar-refractivity contribution in [3.63, 3.8) is 0 Å². The van der Waals surface area contributed by atoms with Gasteiger partial charge in [-0.1, -0.05) is 64.1 Å². The predicted molar refractivity (Wildman–Crippen MR) is 128 cm³/mol. The molecule has 4 heteroatoms. The number of carbonyl (C=O) groups is 1. The zero-order valence-corrected chi connectivity index (χ0v) is 20.4. The van der Waals surface area contributed by atoms with Gasteiger partial charge in [-0.2, -0.15) is 0 Å². The van der Waals surface area contributed by atoms with E-state index in [1.54, 1.807) is 12.1 Å². The number of esters is 1. The summed E-state index contributed by atoms with van der Waals surface area (Å²) in [7, 11) is 1.39. The van der Waals surface area contributed by atoms with E-state index in [1.807, 2.05) is 26.0 Å². The first-order chi connectivity index (χ1) is 14.9. The molecular formula is C28H34O4. The van der Waals surface area contributed by atoms with Gasteiger partial charge in [0.2, 0.25) is 0 Å². The van der Waals surface area contributed by atoms with E-state index < -0.39 is 5.79 Å². The number of aryl methyl sites for hydroxylation is 1. The molecule has 1 saturated heterocycles. The monoisotopic (exact) mass is 434 g/mol. The summed E-state index contributed by atoms with van der Waals surface area (Å²) in [6, 6.07) is 12.1. The summed E-state index contributed by atoms with van der Waals surface area (Å²) < 4.78 is 17.6. The van der Waals surface area contributed by atoms with Crippen LogP contribution in [0.25, 0.3) is 12.2 Å². The fourth-order valence-corrected chi connectivity index (χ4v) is 5.13. The summed E-state index contributed by atoms with van der Waals surface area (Å²) in [6.45, 7) is 15.2. The highest BCUT2D eigenvalue weighted by atomic mass is 16.8. The third kappa shape index (κ3) is 3.70. The average molecular weight is 435 g/mol. The first kappa shape index (κ1) is 22.8. The van der Waals surface area contributed by atoms with Gasteiger partial charge >= 0.3 is 5.97 Å². The van der Waals surface area contributed by atoms with E-state index in [0.717, 1.165) is 5.56 Å². The summed E-state index contributed by atoms with van der Waals surface area (Å²) in [5.74, 6) is -0.907. The third-order valence-corrected chi connectivity index (χ3v) is 7.10. The van der Waals surface area contributed by atoms with Crippen LogP contribution in [0, 0.1) is 6.92 Å². The smallest absolute Gasteiger partial charge is 0.337 e. The molecule has 1 unspecified atom stereocenters. The van der Waals surface area contributed by atoms with Gasteiger partial charge in [-0.3, -0.25) is 0 Å². The van der Waals surface area contributed by atoms with Crippen LogP contribution in [0.4, 0.5) is 0 Å². The molecule has 4 nitrogen and oxygen atoms in total. The highest BCUT2D eigenvalue weighted by Crippen LogP contribution is 2.53. The van der Waals surface area contributed by atoms with Crippen LogP contribution in [-0.2, 0) is 25.0 Å². The number of carbonyl (C=O) groups excluding carboxylic acids is 1. The number of methoxy groups -OCH3 is 1. The van der Waals surface area contributed by atoms with Crippen LogP contribution in [0.2, 0.25) is 0 Å². The number of hydrogen-bond donors (Lipinski definition) is 0. The van der Waals surface area contributed by atoms with Gasteiger partial charge in [-0.05, 0) is 60.7 Å². The minimum Gasteiger partial charge on any atom is -0.465 e. The van der Waals surface area contributed by atoms with Crippen molar-refractivity contribution < 1.29 is 19.0 Å². The number of ether oxygens (including phenoxy) is 3. The van der Waals surface area contributed by atoms with Gasteiger partial charge in [-0.15, -0.1) is 0 Å². The highest BCUT2D eigenvalue weighted by molar-refractivity contribution is 5.89. The van der Waals surface area contributed by atoms with Crippen molar-refractivity contribution in [1.29, 1.82) is 0 Å². The SMILES string of the molecule is COC(=O)c1ccc(C=Cc2cc3c(cc2C)C(C)(C)C2OC(C)(C)O[C@@H]2C3(C)C)cc1. The van der Waals surface area contributed by atoms with Crippen molar-refractivity contribution in [2.45, 2.75) is 77.3 Å². The lowest BCUT2D eigenvalue weighted by atomic mass is 9.59. The van der Waals surface area contributed by atoms with Crippen molar-refractivity contribution in [2.75, 3.05) is 7.11 Å². The van der Waals surface area contributed by atoms with Crippen molar-refractivity contribution in [3.05, 3.63) is 69.8 Å². The molecule has 0 aromatic heterocycles. The largest absolute Gasteiger partial charge is 0.465 e. The quantitative estimate of drug-likeness (QED) is 0.436.